The summed E-state index contributed by atoms with van der Waals surface area (Å²) < 4.78 is 12.2. The second-order valence-electron chi connectivity index (χ2n) is 5.05. The Balaban J connectivity index is 1.84. The van der Waals surface area contributed by atoms with Crippen LogP contribution in [0.1, 0.15) is 11.1 Å². The first-order valence-electron chi connectivity index (χ1n) is 7.20. The summed E-state index contributed by atoms with van der Waals surface area (Å²) in [6.45, 7) is 1.17. The summed E-state index contributed by atoms with van der Waals surface area (Å²) in [4.78, 5) is 4.50. The van der Waals surface area contributed by atoms with Gasteiger partial charge in [-0.2, -0.15) is 0 Å². The van der Waals surface area contributed by atoms with Gasteiger partial charge in [0.1, 0.15) is 6.61 Å². The smallest absolute Gasteiger partial charge is 0.175 e. The van der Waals surface area contributed by atoms with Gasteiger partial charge in [0.2, 0.25) is 0 Å². The topological polar surface area (TPSA) is 30.8 Å². The first-order chi connectivity index (χ1) is 11.6. The van der Waals surface area contributed by atoms with E-state index in [4.69, 9.17) is 32.7 Å². The quantitative estimate of drug-likeness (QED) is 0.578. The molecule has 0 spiro atoms. The molecular weight excluding hydrogens is 433 g/mol. The molecule has 0 saturated carbocycles. The van der Waals surface area contributed by atoms with Gasteiger partial charge in [-0.25, -0.2) is 0 Å². The number of benzene rings is 2. The number of thioether (sulfide) groups is 1. The highest BCUT2D eigenvalue weighted by molar-refractivity contribution is 9.10. The summed E-state index contributed by atoms with van der Waals surface area (Å²) in [5.41, 5.74) is 1.88. The fourth-order valence-electron chi connectivity index (χ4n) is 2.28. The molecule has 1 aliphatic heterocycles. The van der Waals surface area contributed by atoms with Crippen LogP contribution in [0.25, 0.3) is 0 Å². The Kier molecular flexibility index (Phi) is 5.98. The molecule has 0 amide bonds. The molecule has 0 unspecified atom stereocenters. The molecule has 0 atom stereocenters. The lowest BCUT2D eigenvalue weighted by Crippen LogP contribution is -2.01. The number of ether oxygens (including phenoxy) is 2. The average Bonchev–Trinajstić information content (AvgIpc) is 3.09. The van der Waals surface area contributed by atoms with E-state index in [0.717, 1.165) is 32.9 Å². The third-order valence-electron chi connectivity index (χ3n) is 3.45. The molecule has 0 aliphatic carbocycles. The Hall–Kier alpha value is -0.880. The van der Waals surface area contributed by atoms with E-state index in [9.17, 15) is 0 Å². The number of rotatable bonds is 5. The van der Waals surface area contributed by atoms with Crippen molar-refractivity contribution in [1.82, 2.24) is 0 Å². The van der Waals surface area contributed by atoms with Crippen LogP contribution in [0.4, 0.5) is 0 Å². The standard InChI is InChI=1S/C17H14BrCl2NO2S/c1-22-15-7-11(17-21-4-5-24-17)6-13(18)16(15)23-9-10-2-3-12(19)8-14(10)20/h2-3,6-8H,4-5,9H2,1H3. The van der Waals surface area contributed by atoms with Crippen LogP contribution >= 0.6 is 50.9 Å². The zero-order chi connectivity index (χ0) is 17.1. The van der Waals surface area contributed by atoms with E-state index in [1.165, 1.54) is 0 Å². The van der Waals surface area contributed by atoms with Crippen molar-refractivity contribution in [2.24, 2.45) is 4.99 Å². The number of nitrogens with zero attached hydrogens (tertiary/aromatic N) is 1. The van der Waals surface area contributed by atoms with Crippen molar-refractivity contribution >= 4 is 55.9 Å². The van der Waals surface area contributed by atoms with Crippen LogP contribution in [0, 0.1) is 0 Å². The Bertz CT molecular complexity index is 798. The predicted octanol–water partition coefficient (Wildman–Crippen LogP) is 5.84. The molecule has 2 aromatic rings. The molecule has 24 heavy (non-hydrogen) atoms. The van der Waals surface area contributed by atoms with E-state index in [1.54, 1.807) is 31.0 Å². The molecule has 0 N–H and O–H groups in total. The summed E-state index contributed by atoms with van der Waals surface area (Å²) >= 11 is 17.4. The van der Waals surface area contributed by atoms with E-state index in [-0.39, 0.29) is 0 Å². The SMILES string of the molecule is COc1cc(C2=NCCS2)cc(Br)c1OCc1ccc(Cl)cc1Cl. The Morgan fingerprint density at radius 1 is 1.25 bits per heavy atom. The average molecular weight is 447 g/mol. The van der Waals surface area contributed by atoms with Crippen molar-refractivity contribution in [3.63, 3.8) is 0 Å². The van der Waals surface area contributed by atoms with Crippen LogP contribution in [-0.4, -0.2) is 24.5 Å². The van der Waals surface area contributed by atoms with Crippen molar-refractivity contribution in [1.29, 1.82) is 0 Å². The van der Waals surface area contributed by atoms with Gasteiger partial charge in [0.15, 0.2) is 11.5 Å². The van der Waals surface area contributed by atoms with Crippen LogP contribution in [0.15, 0.2) is 39.8 Å². The highest BCUT2D eigenvalue weighted by Crippen LogP contribution is 2.39. The summed E-state index contributed by atoms with van der Waals surface area (Å²) in [5, 5.41) is 2.20. The maximum atomic E-state index is 6.19. The number of aliphatic imine (C=N–C) groups is 1. The highest BCUT2D eigenvalue weighted by Gasteiger charge is 2.17. The van der Waals surface area contributed by atoms with Gasteiger partial charge in [0.25, 0.3) is 0 Å². The van der Waals surface area contributed by atoms with Gasteiger partial charge in [-0.15, -0.1) is 11.8 Å². The zero-order valence-corrected chi connectivity index (χ0v) is 16.7. The Labute approximate surface area is 163 Å². The van der Waals surface area contributed by atoms with Crippen molar-refractivity contribution in [3.8, 4) is 11.5 Å². The van der Waals surface area contributed by atoms with E-state index in [1.807, 2.05) is 18.2 Å². The molecule has 0 saturated heterocycles. The van der Waals surface area contributed by atoms with Gasteiger partial charge < -0.3 is 9.47 Å². The molecule has 1 heterocycles. The second kappa shape index (κ2) is 8.00. The Morgan fingerprint density at radius 2 is 2.08 bits per heavy atom. The van der Waals surface area contributed by atoms with Gasteiger partial charge in [-0.3, -0.25) is 4.99 Å². The van der Waals surface area contributed by atoms with E-state index >= 15 is 0 Å². The van der Waals surface area contributed by atoms with E-state index in [2.05, 4.69) is 20.9 Å². The molecule has 126 valence electrons. The second-order valence-corrected chi connectivity index (χ2v) is 7.83. The van der Waals surface area contributed by atoms with Crippen LogP contribution in [-0.2, 0) is 6.61 Å². The highest BCUT2D eigenvalue weighted by atomic mass is 79.9. The normalized spacial score (nSPS) is 13.8. The summed E-state index contributed by atoms with van der Waals surface area (Å²) in [5.74, 6) is 2.30. The van der Waals surface area contributed by atoms with Crippen molar-refractivity contribution in [2.45, 2.75) is 6.61 Å². The van der Waals surface area contributed by atoms with Gasteiger partial charge >= 0.3 is 0 Å². The number of halogens is 3. The maximum absolute atomic E-state index is 6.19. The molecule has 2 aromatic carbocycles. The molecule has 1 aliphatic rings. The summed E-state index contributed by atoms with van der Waals surface area (Å²) in [7, 11) is 1.62. The Morgan fingerprint density at radius 3 is 2.75 bits per heavy atom. The third-order valence-corrected chi connectivity index (χ3v) is 5.65. The van der Waals surface area contributed by atoms with Gasteiger partial charge in [-0.05, 0) is 40.2 Å². The maximum Gasteiger partial charge on any atom is 0.175 e. The minimum Gasteiger partial charge on any atom is -0.493 e. The molecule has 0 fully saturated rings. The summed E-state index contributed by atoms with van der Waals surface area (Å²) in [6, 6.07) is 9.28. The molecule has 0 aromatic heterocycles. The van der Waals surface area contributed by atoms with Gasteiger partial charge in [0, 0.05) is 33.5 Å². The molecule has 0 radical (unpaired) electrons. The lowest BCUT2D eigenvalue weighted by molar-refractivity contribution is 0.282. The largest absolute Gasteiger partial charge is 0.493 e. The van der Waals surface area contributed by atoms with Crippen LogP contribution in [0.2, 0.25) is 10.0 Å². The van der Waals surface area contributed by atoms with Crippen LogP contribution in [0.5, 0.6) is 11.5 Å². The van der Waals surface area contributed by atoms with Crippen LogP contribution in [0.3, 0.4) is 0 Å². The summed E-state index contributed by atoms with van der Waals surface area (Å²) in [6.07, 6.45) is 0. The van der Waals surface area contributed by atoms with E-state index < -0.39 is 0 Å². The third kappa shape index (κ3) is 4.02. The number of methoxy groups -OCH3 is 1. The zero-order valence-electron chi connectivity index (χ0n) is 12.8. The fourth-order valence-corrected chi connectivity index (χ4v) is 4.14. The molecule has 3 nitrogen and oxygen atoms in total. The monoisotopic (exact) mass is 445 g/mol. The van der Waals surface area contributed by atoms with Gasteiger partial charge in [0.05, 0.1) is 16.6 Å². The number of hydrogen-bond acceptors (Lipinski definition) is 4. The first kappa shape index (κ1) is 17.9. The lowest BCUT2D eigenvalue weighted by Gasteiger charge is -2.15. The minimum atomic E-state index is 0.319. The first-order valence-corrected chi connectivity index (χ1v) is 9.74. The molecule has 0 bridgehead atoms. The predicted molar refractivity (Wildman–Crippen MR) is 105 cm³/mol. The van der Waals surface area contributed by atoms with Crippen molar-refractivity contribution in [3.05, 3.63) is 56.0 Å². The van der Waals surface area contributed by atoms with Crippen LogP contribution < -0.4 is 9.47 Å². The van der Waals surface area contributed by atoms with Gasteiger partial charge in [-0.1, -0.05) is 29.3 Å². The van der Waals surface area contributed by atoms with E-state index in [0.29, 0.717) is 28.2 Å². The minimum absolute atomic E-state index is 0.319. The van der Waals surface area contributed by atoms with Crippen molar-refractivity contribution in [2.75, 3.05) is 19.4 Å². The number of hydrogen-bond donors (Lipinski definition) is 0. The lowest BCUT2D eigenvalue weighted by atomic mass is 10.2. The van der Waals surface area contributed by atoms with Crippen molar-refractivity contribution < 1.29 is 9.47 Å². The fraction of sp³-hybridized carbons (Fsp3) is 0.235. The molecule has 3 rings (SSSR count). The molecule has 7 heteroatoms. The molecular formula is C17H14BrCl2NO2S.